The lowest BCUT2D eigenvalue weighted by Gasteiger charge is -2.37. The van der Waals surface area contributed by atoms with E-state index in [1.165, 1.54) is 5.56 Å². The molecule has 0 saturated heterocycles. The van der Waals surface area contributed by atoms with Crippen LogP contribution in [0.3, 0.4) is 0 Å². The zero-order valence-electron chi connectivity index (χ0n) is 13.2. The fourth-order valence-corrected chi connectivity index (χ4v) is 1.99. The first kappa shape index (κ1) is 16.0. The van der Waals surface area contributed by atoms with Crippen molar-refractivity contribution >= 4 is 0 Å². The normalized spacial score (nSPS) is 13.6. The second-order valence-electron chi connectivity index (χ2n) is 5.66. The second kappa shape index (κ2) is 6.92. The van der Waals surface area contributed by atoms with Crippen LogP contribution in [0.1, 0.15) is 38.8 Å². The number of hydrogen-bond acceptors (Lipinski definition) is 3. The van der Waals surface area contributed by atoms with E-state index in [1.54, 1.807) is 7.11 Å². The Morgan fingerprint density at radius 2 is 1.84 bits per heavy atom. The van der Waals surface area contributed by atoms with Gasteiger partial charge in [0.15, 0.2) is 0 Å². The van der Waals surface area contributed by atoms with Crippen LogP contribution >= 0.6 is 0 Å². The number of ether oxygens (including phenoxy) is 1. The van der Waals surface area contributed by atoms with Crippen LogP contribution in [0.15, 0.2) is 24.3 Å². The third-order valence-corrected chi connectivity index (χ3v) is 4.22. The summed E-state index contributed by atoms with van der Waals surface area (Å²) in [6.07, 6.45) is 1.14. The SMILES string of the molecule is CCC(C)(C)N(C)CC(NC)c1ccc(OC)cc1. The van der Waals surface area contributed by atoms with Crippen molar-refractivity contribution in [3.05, 3.63) is 29.8 Å². The fourth-order valence-electron chi connectivity index (χ4n) is 1.99. The highest BCUT2D eigenvalue weighted by molar-refractivity contribution is 5.29. The summed E-state index contributed by atoms with van der Waals surface area (Å²) < 4.78 is 5.20. The van der Waals surface area contributed by atoms with E-state index in [4.69, 9.17) is 4.74 Å². The summed E-state index contributed by atoms with van der Waals surface area (Å²) in [5.74, 6) is 0.904. The molecule has 0 aromatic heterocycles. The minimum Gasteiger partial charge on any atom is -0.497 e. The van der Waals surface area contributed by atoms with Gasteiger partial charge in [0.25, 0.3) is 0 Å². The highest BCUT2D eigenvalue weighted by Gasteiger charge is 2.23. The first-order valence-electron chi connectivity index (χ1n) is 6.97. The Labute approximate surface area is 118 Å². The monoisotopic (exact) mass is 264 g/mol. The molecule has 0 amide bonds. The average molecular weight is 264 g/mol. The van der Waals surface area contributed by atoms with Crippen molar-refractivity contribution in [2.24, 2.45) is 0 Å². The molecule has 1 aromatic rings. The van der Waals surface area contributed by atoms with Crippen LogP contribution < -0.4 is 10.1 Å². The van der Waals surface area contributed by atoms with Crippen molar-refractivity contribution in [3.63, 3.8) is 0 Å². The molecule has 1 unspecified atom stereocenters. The van der Waals surface area contributed by atoms with Gasteiger partial charge in [-0.2, -0.15) is 0 Å². The molecule has 19 heavy (non-hydrogen) atoms. The molecule has 0 spiro atoms. The van der Waals surface area contributed by atoms with E-state index in [-0.39, 0.29) is 5.54 Å². The number of likely N-dealkylation sites (N-methyl/N-ethyl adjacent to an activating group) is 2. The van der Waals surface area contributed by atoms with Gasteiger partial charge in [-0.25, -0.2) is 0 Å². The topological polar surface area (TPSA) is 24.5 Å². The van der Waals surface area contributed by atoms with Gasteiger partial charge in [-0.05, 0) is 52.1 Å². The molecular weight excluding hydrogens is 236 g/mol. The fraction of sp³-hybridized carbons (Fsp3) is 0.625. The van der Waals surface area contributed by atoms with Crippen molar-refractivity contribution in [1.82, 2.24) is 10.2 Å². The van der Waals surface area contributed by atoms with Gasteiger partial charge in [0.2, 0.25) is 0 Å². The van der Waals surface area contributed by atoms with Crippen molar-refractivity contribution in [3.8, 4) is 5.75 Å². The van der Waals surface area contributed by atoms with Crippen molar-refractivity contribution < 1.29 is 4.74 Å². The third kappa shape index (κ3) is 4.22. The third-order valence-electron chi connectivity index (χ3n) is 4.22. The number of methoxy groups -OCH3 is 1. The second-order valence-corrected chi connectivity index (χ2v) is 5.66. The van der Waals surface area contributed by atoms with Crippen molar-refractivity contribution in [2.75, 3.05) is 27.7 Å². The molecule has 0 bridgehead atoms. The van der Waals surface area contributed by atoms with E-state index in [0.717, 1.165) is 18.7 Å². The smallest absolute Gasteiger partial charge is 0.118 e. The van der Waals surface area contributed by atoms with E-state index in [0.29, 0.717) is 6.04 Å². The molecule has 3 heteroatoms. The van der Waals surface area contributed by atoms with Gasteiger partial charge in [-0.1, -0.05) is 19.1 Å². The van der Waals surface area contributed by atoms with Crippen LogP contribution in [0.25, 0.3) is 0 Å². The van der Waals surface area contributed by atoms with E-state index in [9.17, 15) is 0 Å². The van der Waals surface area contributed by atoms with Crippen LogP contribution in [-0.2, 0) is 0 Å². The van der Waals surface area contributed by atoms with E-state index < -0.39 is 0 Å². The summed E-state index contributed by atoms with van der Waals surface area (Å²) in [5.41, 5.74) is 1.52. The van der Waals surface area contributed by atoms with Gasteiger partial charge in [0, 0.05) is 18.1 Å². The number of nitrogens with zero attached hydrogens (tertiary/aromatic N) is 1. The number of benzene rings is 1. The molecule has 0 aliphatic heterocycles. The van der Waals surface area contributed by atoms with Crippen molar-refractivity contribution in [2.45, 2.75) is 38.8 Å². The van der Waals surface area contributed by atoms with Crippen LogP contribution in [0.2, 0.25) is 0 Å². The molecule has 1 aromatic carbocycles. The molecule has 1 N–H and O–H groups in total. The lowest BCUT2D eigenvalue weighted by Crippen LogP contribution is -2.44. The maximum Gasteiger partial charge on any atom is 0.118 e. The molecule has 1 atom stereocenters. The highest BCUT2D eigenvalue weighted by atomic mass is 16.5. The zero-order chi connectivity index (χ0) is 14.5. The molecule has 0 aliphatic rings. The Kier molecular flexibility index (Phi) is 5.83. The Balaban J connectivity index is 2.77. The van der Waals surface area contributed by atoms with Crippen LogP contribution in [0.5, 0.6) is 5.75 Å². The standard InChI is InChI=1S/C16H28N2O/c1-7-16(2,3)18(5)12-15(17-4)13-8-10-14(19-6)11-9-13/h8-11,15,17H,7,12H2,1-6H3. The van der Waals surface area contributed by atoms with Gasteiger partial charge in [0.05, 0.1) is 7.11 Å². The molecule has 3 nitrogen and oxygen atoms in total. The van der Waals surface area contributed by atoms with Gasteiger partial charge < -0.3 is 10.1 Å². The van der Waals surface area contributed by atoms with E-state index in [1.807, 2.05) is 19.2 Å². The van der Waals surface area contributed by atoms with Gasteiger partial charge in [0.1, 0.15) is 5.75 Å². The van der Waals surface area contributed by atoms with E-state index in [2.05, 4.69) is 50.2 Å². The molecule has 0 aliphatic carbocycles. The molecular formula is C16H28N2O. The highest BCUT2D eigenvalue weighted by Crippen LogP contribution is 2.22. The first-order valence-corrected chi connectivity index (χ1v) is 6.97. The summed E-state index contributed by atoms with van der Waals surface area (Å²) in [4.78, 5) is 2.42. The average Bonchev–Trinajstić information content (AvgIpc) is 2.44. The largest absolute Gasteiger partial charge is 0.497 e. The number of hydrogen-bond donors (Lipinski definition) is 1. The molecule has 0 fully saturated rings. The Bertz CT molecular complexity index is 373. The lowest BCUT2D eigenvalue weighted by molar-refractivity contribution is 0.137. The maximum absolute atomic E-state index is 5.20. The minimum atomic E-state index is 0.224. The summed E-state index contributed by atoms with van der Waals surface area (Å²) in [6, 6.07) is 8.64. The lowest BCUT2D eigenvalue weighted by atomic mass is 9.98. The summed E-state index contributed by atoms with van der Waals surface area (Å²) in [6.45, 7) is 7.80. The Morgan fingerprint density at radius 3 is 2.26 bits per heavy atom. The van der Waals surface area contributed by atoms with Gasteiger partial charge in [-0.15, -0.1) is 0 Å². The van der Waals surface area contributed by atoms with Gasteiger partial charge >= 0.3 is 0 Å². The quantitative estimate of drug-likeness (QED) is 0.819. The van der Waals surface area contributed by atoms with Crippen LogP contribution in [0, 0.1) is 0 Å². The van der Waals surface area contributed by atoms with Crippen LogP contribution in [0.4, 0.5) is 0 Å². The van der Waals surface area contributed by atoms with Crippen molar-refractivity contribution in [1.29, 1.82) is 0 Å². The number of rotatable bonds is 7. The van der Waals surface area contributed by atoms with Gasteiger partial charge in [-0.3, -0.25) is 4.90 Å². The Morgan fingerprint density at radius 1 is 1.26 bits per heavy atom. The van der Waals surface area contributed by atoms with Crippen LogP contribution in [-0.4, -0.2) is 38.2 Å². The Hall–Kier alpha value is -1.06. The predicted molar refractivity (Wildman–Crippen MR) is 81.8 cm³/mol. The first-order chi connectivity index (χ1) is 8.94. The summed E-state index contributed by atoms with van der Waals surface area (Å²) in [5, 5.41) is 3.40. The summed E-state index contributed by atoms with van der Waals surface area (Å²) in [7, 11) is 5.90. The predicted octanol–water partition coefficient (Wildman–Crippen LogP) is 3.08. The maximum atomic E-state index is 5.20. The molecule has 108 valence electrons. The number of nitrogens with one attached hydrogen (secondary N) is 1. The molecule has 0 radical (unpaired) electrons. The molecule has 1 rings (SSSR count). The van der Waals surface area contributed by atoms with E-state index >= 15 is 0 Å². The zero-order valence-corrected chi connectivity index (χ0v) is 13.2. The summed E-state index contributed by atoms with van der Waals surface area (Å²) >= 11 is 0. The molecule has 0 saturated carbocycles. The minimum absolute atomic E-state index is 0.224. The molecule has 0 heterocycles.